The quantitative estimate of drug-likeness (QED) is 0.814. The van der Waals surface area contributed by atoms with Crippen LogP contribution in [-0.2, 0) is 9.53 Å². The van der Waals surface area contributed by atoms with Crippen molar-refractivity contribution in [2.45, 2.75) is 31.8 Å². The van der Waals surface area contributed by atoms with Crippen molar-refractivity contribution in [1.82, 2.24) is 10.2 Å². The van der Waals surface area contributed by atoms with Gasteiger partial charge in [0.25, 0.3) is 0 Å². The molecule has 2 saturated heterocycles. The minimum atomic E-state index is -0.0101. The fraction of sp³-hybridized carbons (Fsp3) is 0.611. The molecule has 1 aromatic rings. The lowest BCUT2D eigenvalue weighted by molar-refractivity contribution is -0.139. The van der Waals surface area contributed by atoms with Crippen LogP contribution in [0.15, 0.2) is 28.7 Å². The van der Waals surface area contributed by atoms with Gasteiger partial charge < -0.3 is 15.0 Å². The summed E-state index contributed by atoms with van der Waals surface area (Å²) in [5.74, 6) is 0.994. The van der Waals surface area contributed by atoms with Gasteiger partial charge in [0.1, 0.15) is 6.10 Å². The number of benzene rings is 1. The summed E-state index contributed by atoms with van der Waals surface area (Å²) in [4.78, 5) is 14.5. The number of morpholine rings is 1. The molecule has 2 fully saturated rings. The van der Waals surface area contributed by atoms with E-state index < -0.39 is 0 Å². The molecular weight excluding hydrogens is 392 g/mol. The smallest absolute Gasteiger partial charge is 0.222 e. The van der Waals surface area contributed by atoms with Gasteiger partial charge in [0.2, 0.25) is 5.91 Å². The monoisotopic (exact) mass is 416 g/mol. The molecule has 2 aliphatic heterocycles. The molecule has 0 bridgehead atoms. The summed E-state index contributed by atoms with van der Waals surface area (Å²) in [5.41, 5.74) is 1.13. The van der Waals surface area contributed by atoms with Gasteiger partial charge in [-0.1, -0.05) is 28.1 Å². The van der Waals surface area contributed by atoms with E-state index in [1.807, 2.05) is 17.0 Å². The van der Waals surface area contributed by atoms with Crippen molar-refractivity contribution in [1.29, 1.82) is 0 Å². The summed E-state index contributed by atoms with van der Waals surface area (Å²) in [6, 6.07) is 8.17. The van der Waals surface area contributed by atoms with Gasteiger partial charge in [-0.25, -0.2) is 0 Å². The summed E-state index contributed by atoms with van der Waals surface area (Å²) in [5, 5.41) is 3.38. The molecule has 24 heavy (non-hydrogen) atoms. The molecule has 1 amide bonds. The molecular formula is C18H26BrClN2O2. The van der Waals surface area contributed by atoms with Crippen molar-refractivity contribution in [2.75, 3.05) is 32.8 Å². The van der Waals surface area contributed by atoms with E-state index in [-0.39, 0.29) is 24.4 Å². The Morgan fingerprint density at radius 2 is 2.12 bits per heavy atom. The second-order valence-corrected chi connectivity index (χ2v) is 7.40. The number of carbonyl (C=O) groups is 1. The lowest BCUT2D eigenvalue weighted by Crippen LogP contribution is -2.42. The van der Waals surface area contributed by atoms with Gasteiger partial charge in [-0.2, -0.15) is 0 Å². The van der Waals surface area contributed by atoms with Crippen molar-refractivity contribution < 1.29 is 9.53 Å². The number of halogens is 2. The molecule has 1 unspecified atom stereocenters. The van der Waals surface area contributed by atoms with Crippen LogP contribution in [0.4, 0.5) is 0 Å². The Hall–Kier alpha value is -0.620. The van der Waals surface area contributed by atoms with E-state index in [4.69, 9.17) is 4.74 Å². The van der Waals surface area contributed by atoms with Crippen LogP contribution in [0.1, 0.15) is 37.4 Å². The molecule has 1 N–H and O–H groups in total. The van der Waals surface area contributed by atoms with E-state index >= 15 is 0 Å². The lowest BCUT2D eigenvalue weighted by Gasteiger charge is -2.34. The van der Waals surface area contributed by atoms with E-state index in [1.165, 1.54) is 12.8 Å². The maximum absolute atomic E-state index is 12.5. The molecule has 1 aromatic carbocycles. The number of amides is 1. The molecule has 1 atom stereocenters. The zero-order valence-corrected chi connectivity index (χ0v) is 16.3. The summed E-state index contributed by atoms with van der Waals surface area (Å²) in [6.45, 7) is 4.20. The fourth-order valence-electron chi connectivity index (χ4n) is 3.44. The maximum atomic E-state index is 12.5. The first-order valence-electron chi connectivity index (χ1n) is 8.58. The minimum Gasteiger partial charge on any atom is -0.370 e. The highest BCUT2D eigenvalue weighted by atomic mass is 79.9. The molecule has 134 valence electrons. The Bertz CT molecular complexity index is 538. The lowest BCUT2D eigenvalue weighted by atomic mass is 9.93. The van der Waals surface area contributed by atoms with E-state index in [2.05, 4.69) is 33.4 Å². The summed E-state index contributed by atoms with van der Waals surface area (Å²) in [7, 11) is 0. The fourth-order valence-corrected chi connectivity index (χ4v) is 3.86. The molecule has 0 spiro atoms. The van der Waals surface area contributed by atoms with E-state index in [0.29, 0.717) is 25.5 Å². The second-order valence-electron chi connectivity index (χ2n) is 6.49. The third kappa shape index (κ3) is 5.45. The normalized spacial score (nSPS) is 22.0. The standard InChI is InChI=1S/C18H25BrN2O2.ClH/c19-16-3-1-2-15(12-16)17-13-21(10-11-23-17)18(22)5-4-14-6-8-20-9-7-14;/h1-3,12,14,17,20H,4-11,13H2;1H. The van der Waals surface area contributed by atoms with Crippen LogP contribution < -0.4 is 5.32 Å². The highest BCUT2D eigenvalue weighted by Gasteiger charge is 2.26. The molecule has 6 heteroatoms. The van der Waals surface area contributed by atoms with Crippen LogP contribution in [-0.4, -0.2) is 43.6 Å². The number of ether oxygens (including phenoxy) is 1. The number of hydrogen-bond donors (Lipinski definition) is 1. The van der Waals surface area contributed by atoms with Gasteiger partial charge in [-0.3, -0.25) is 4.79 Å². The molecule has 0 aliphatic carbocycles. The average molecular weight is 418 g/mol. The molecule has 0 aromatic heterocycles. The first-order valence-corrected chi connectivity index (χ1v) is 9.37. The predicted octanol–water partition coefficient (Wildman–Crippen LogP) is 3.55. The van der Waals surface area contributed by atoms with Gasteiger partial charge >= 0.3 is 0 Å². The van der Waals surface area contributed by atoms with E-state index in [9.17, 15) is 4.79 Å². The number of hydrogen-bond acceptors (Lipinski definition) is 3. The van der Waals surface area contributed by atoms with Gasteiger partial charge in [-0.15, -0.1) is 12.4 Å². The second kappa shape index (κ2) is 9.76. The molecule has 4 nitrogen and oxygen atoms in total. The molecule has 2 aliphatic rings. The number of piperidine rings is 1. The number of carbonyl (C=O) groups excluding carboxylic acids is 1. The van der Waals surface area contributed by atoms with Crippen molar-refractivity contribution >= 4 is 34.2 Å². The highest BCUT2D eigenvalue weighted by Crippen LogP contribution is 2.26. The summed E-state index contributed by atoms with van der Waals surface area (Å²) >= 11 is 3.50. The Balaban J connectivity index is 0.00000208. The molecule has 3 rings (SSSR count). The van der Waals surface area contributed by atoms with Crippen LogP contribution in [0.2, 0.25) is 0 Å². The SMILES string of the molecule is Cl.O=C(CCC1CCNCC1)N1CCOC(c2cccc(Br)c2)C1. The average Bonchev–Trinajstić information content (AvgIpc) is 2.61. The zero-order chi connectivity index (χ0) is 16.1. The van der Waals surface area contributed by atoms with Crippen molar-refractivity contribution in [3.8, 4) is 0 Å². The Morgan fingerprint density at radius 3 is 2.88 bits per heavy atom. The van der Waals surface area contributed by atoms with Gasteiger partial charge in [0.15, 0.2) is 0 Å². The van der Waals surface area contributed by atoms with Crippen LogP contribution >= 0.6 is 28.3 Å². The van der Waals surface area contributed by atoms with Crippen molar-refractivity contribution in [3.05, 3.63) is 34.3 Å². The Morgan fingerprint density at radius 1 is 1.33 bits per heavy atom. The van der Waals surface area contributed by atoms with Gasteiger partial charge in [0, 0.05) is 17.4 Å². The maximum Gasteiger partial charge on any atom is 0.222 e. The Labute approximate surface area is 158 Å². The van der Waals surface area contributed by atoms with Crippen LogP contribution in [0.3, 0.4) is 0 Å². The van der Waals surface area contributed by atoms with E-state index in [0.717, 1.165) is 36.1 Å². The third-order valence-electron chi connectivity index (χ3n) is 4.86. The van der Waals surface area contributed by atoms with E-state index in [1.54, 1.807) is 0 Å². The number of nitrogens with one attached hydrogen (secondary N) is 1. The van der Waals surface area contributed by atoms with Crippen LogP contribution in [0.25, 0.3) is 0 Å². The van der Waals surface area contributed by atoms with Crippen LogP contribution in [0, 0.1) is 5.92 Å². The van der Waals surface area contributed by atoms with Crippen molar-refractivity contribution in [3.63, 3.8) is 0 Å². The highest BCUT2D eigenvalue weighted by molar-refractivity contribution is 9.10. The summed E-state index contributed by atoms with van der Waals surface area (Å²) < 4.78 is 6.92. The number of nitrogens with zero attached hydrogens (tertiary/aromatic N) is 1. The molecule has 0 radical (unpaired) electrons. The third-order valence-corrected chi connectivity index (χ3v) is 5.36. The summed E-state index contributed by atoms with van der Waals surface area (Å²) in [6.07, 6.45) is 4.10. The van der Waals surface area contributed by atoms with Gasteiger partial charge in [-0.05, 0) is 56.0 Å². The van der Waals surface area contributed by atoms with Crippen molar-refractivity contribution in [2.24, 2.45) is 5.92 Å². The molecule has 0 saturated carbocycles. The Kier molecular flexibility index (Phi) is 8.01. The minimum absolute atomic E-state index is 0. The topological polar surface area (TPSA) is 41.6 Å². The van der Waals surface area contributed by atoms with Crippen LogP contribution in [0.5, 0.6) is 0 Å². The van der Waals surface area contributed by atoms with Gasteiger partial charge in [0.05, 0.1) is 13.2 Å². The largest absolute Gasteiger partial charge is 0.370 e. The first kappa shape index (κ1) is 19.7. The first-order chi connectivity index (χ1) is 11.2. The molecule has 2 heterocycles. The number of rotatable bonds is 4. The predicted molar refractivity (Wildman–Crippen MR) is 101 cm³/mol. The zero-order valence-electron chi connectivity index (χ0n) is 13.9.